The highest BCUT2D eigenvalue weighted by atomic mass is 15.2. The maximum absolute atomic E-state index is 4.67. The van der Waals surface area contributed by atoms with Crippen molar-refractivity contribution >= 4 is 0 Å². The van der Waals surface area contributed by atoms with Crippen LogP contribution in [0.4, 0.5) is 0 Å². The van der Waals surface area contributed by atoms with E-state index in [1.165, 1.54) is 67.7 Å². The zero-order chi connectivity index (χ0) is 19.9. The monoisotopic (exact) mass is 392 g/mol. The van der Waals surface area contributed by atoms with E-state index in [0.717, 1.165) is 32.6 Å². The lowest BCUT2D eigenvalue weighted by Crippen LogP contribution is -2.45. The third kappa shape index (κ3) is 6.11. The second-order valence-electron chi connectivity index (χ2n) is 8.87. The van der Waals surface area contributed by atoms with Crippen molar-refractivity contribution in [3.8, 4) is 0 Å². The molecule has 1 fully saturated rings. The van der Waals surface area contributed by atoms with Gasteiger partial charge in [0.25, 0.3) is 0 Å². The highest BCUT2D eigenvalue weighted by Gasteiger charge is 2.21. The summed E-state index contributed by atoms with van der Waals surface area (Å²) in [6.07, 6.45) is 8.53. The second kappa shape index (κ2) is 10.3. The molecule has 2 aliphatic rings. The van der Waals surface area contributed by atoms with Crippen molar-refractivity contribution in [1.82, 2.24) is 20.1 Å². The minimum Gasteiger partial charge on any atom is -0.308 e. The van der Waals surface area contributed by atoms with Crippen LogP contribution in [0.2, 0.25) is 0 Å². The predicted molar refractivity (Wildman–Crippen MR) is 120 cm³/mol. The molecule has 1 atom stereocenters. The number of nitrogens with zero attached hydrogens (tertiary/aromatic N) is 3. The van der Waals surface area contributed by atoms with Crippen molar-refractivity contribution in [2.45, 2.75) is 58.2 Å². The molecule has 2 aromatic rings. The first-order chi connectivity index (χ1) is 14.3. The molecule has 1 N–H and O–H groups in total. The number of likely N-dealkylation sites (tertiary alicyclic amines) is 1. The Morgan fingerprint density at radius 1 is 1.07 bits per heavy atom. The molecule has 0 aliphatic carbocycles. The number of rotatable bonds is 8. The Labute approximate surface area is 176 Å². The van der Waals surface area contributed by atoms with E-state index in [4.69, 9.17) is 0 Å². The minimum absolute atomic E-state index is 0.519. The van der Waals surface area contributed by atoms with Gasteiger partial charge in [-0.2, -0.15) is 0 Å². The van der Waals surface area contributed by atoms with E-state index >= 15 is 0 Å². The van der Waals surface area contributed by atoms with E-state index in [9.17, 15) is 0 Å². The molecule has 0 saturated carbocycles. The molecule has 0 bridgehead atoms. The molecule has 1 aromatic heterocycles. The van der Waals surface area contributed by atoms with E-state index in [-0.39, 0.29) is 0 Å². The zero-order valence-corrected chi connectivity index (χ0v) is 17.9. The fourth-order valence-corrected chi connectivity index (χ4v) is 4.72. The molecule has 156 valence electrons. The summed E-state index contributed by atoms with van der Waals surface area (Å²) in [5, 5.41) is 3.77. The number of benzene rings is 1. The van der Waals surface area contributed by atoms with Crippen LogP contribution in [0.1, 0.15) is 48.1 Å². The van der Waals surface area contributed by atoms with Crippen LogP contribution in [0.15, 0.2) is 42.6 Å². The van der Waals surface area contributed by atoms with Gasteiger partial charge in [0.05, 0.1) is 5.69 Å². The van der Waals surface area contributed by atoms with Crippen LogP contribution in [0.3, 0.4) is 0 Å². The SMILES string of the molecule is Cc1ccc(CN(CCCN2CCCCC2)C[C@H]2Cc3ccccc3CN2)nc1. The van der Waals surface area contributed by atoms with Crippen molar-refractivity contribution in [3.05, 3.63) is 65.0 Å². The Morgan fingerprint density at radius 3 is 2.69 bits per heavy atom. The van der Waals surface area contributed by atoms with E-state index in [1.807, 2.05) is 6.20 Å². The third-order valence-corrected chi connectivity index (χ3v) is 6.40. The number of aromatic nitrogens is 1. The summed E-state index contributed by atoms with van der Waals surface area (Å²) >= 11 is 0. The van der Waals surface area contributed by atoms with Crippen LogP contribution in [0.25, 0.3) is 0 Å². The summed E-state index contributed by atoms with van der Waals surface area (Å²) in [6, 6.07) is 13.8. The molecule has 1 aromatic carbocycles. The number of hydrogen-bond donors (Lipinski definition) is 1. The summed E-state index contributed by atoms with van der Waals surface area (Å²) in [5.74, 6) is 0. The largest absolute Gasteiger partial charge is 0.308 e. The fourth-order valence-electron chi connectivity index (χ4n) is 4.72. The highest BCUT2D eigenvalue weighted by molar-refractivity contribution is 5.30. The molecular formula is C25H36N4. The Kier molecular flexibility index (Phi) is 7.31. The molecular weight excluding hydrogens is 356 g/mol. The van der Waals surface area contributed by atoms with E-state index in [0.29, 0.717) is 6.04 Å². The number of fused-ring (bicyclic) bond motifs is 1. The van der Waals surface area contributed by atoms with Crippen LogP contribution >= 0.6 is 0 Å². The minimum atomic E-state index is 0.519. The van der Waals surface area contributed by atoms with Gasteiger partial charge in [-0.25, -0.2) is 0 Å². The number of pyridine rings is 1. The van der Waals surface area contributed by atoms with Crippen LogP contribution in [0, 0.1) is 6.92 Å². The Morgan fingerprint density at radius 2 is 1.90 bits per heavy atom. The molecule has 0 amide bonds. The van der Waals surface area contributed by atoms with Crippen molar-refractivity contribution in [2.24, 2.45) is 0 Å². The molecule has 3 heterocycles. The third-order valence-electron chi connectivity index (χ3n) is 6.40. The first-order valence-corrected chi connectivity index (χ1v) is 11.4. The molecule has 4 nitrogen and oxygen atoms in total. The number of piperidine rings is 1. The van der Waals surface area contributed by atoms with Gasteiger partial charge in [0.2, 0.25) is 0 Å². The first kappa shape index (κ1) is 20.5. The molecule has 1 saturated heterocycles. The summed E-state index contributed by atoms with van der Waals surface area (Å²) in [4.78, 5) is 9.94. The molecule has 4 rings (SSSR count). The van der Waals surface area contributed by atoms with E-state index in [1.54, 1.807) is 0 Å². The lowest BCUT2D eigenvalue weighted by molar-refractivity contribution is 0.187. The van der Waals surface area contributed by atoms with Gasteiger partial charge in [-0.1, -0.05) is 36.8 Å². The van der Waals surface area contributed by atoms with Gasteiger partial charge in [0, 0.05) is 31.9 Å². The summed E-state index contributed by atoms with van der Waals surface area (Å²) in [5.41, 5.74) is 5.39. The zero-order valence-electron chi connectivity index (χ0n) is 17.9. The Balaban J connectivity index is 1.35. The van der Waals surface area contributed by atoms with E-state index in [2.05, 4.69) is 63.4 Å². The van der Waals surface area contributed by atoms with Gasteiger partial charge in [0.15, 0.2) is 0 Å². The van der Waals surface area contributed by atoms with Crippen LogP contribution in [0.5, 0.6) is 0 Å². The topological polar surface area (TPSA) is 31.4 Å². The van der Waals surface area contributed by atoms with E-state index < -0.39 is 0 Å². The van der Waals surface area contributed by atoms with Crippen LogP contribution in [-0.2, 0) is 19.5 Å². The smallest absolute Gasteiger partial charge is 0.0544 e. The van der Waals surface area contributed by atoms with Gasteiger partial charge in [-0.3, -0.25) is 9.88 Å². The lowest BCUT2D eigenvalue weighted by Gasteiger charge is -2.32. The summed E-state index contributed by atoms with van der Waals surface area (Å²) < 4.78 is 0. The van der Waals surface area contributed by atoms with Crippen molar-refractivity contribution in [1.29, 1.82) is 0 Å². The van der Waals surface area contributed by atoms with Crippen LogP contribution in [-0.4, -0.2) is 53.5 Å². The number of hydrogen-bond acceptors (Lipinski definition) is 4. The Hall–Kier alpha value is -1.75. The van der Waals surface area contributed by atoms with Crippen LogP contribution < -0.4 is 5.32 Å². The highest BCUT2D eigenvalue weighted by Crippen LogP contribution is 2.18. The first-order valence-electron chi connectivity index (χ1n) is 11.4. The average Bonchev–Trinajstić information content (AvgIpc) is 2.76. The molecule has 0 unspecified atom stereocenters. The average molecular weight is 393 g/mol. The van der Waals surface area contributed by atoms with Gasteiger partial charge >= 0.3 is 0 Å². The molecule has 0 spiro atoms. The molecule has 29 heavy (non-hydrogen) atoms. The number of aryl methyl sites for hydroxylation is 1. The summed E-state index contributed by atoms with van der Waals surface area (Å²) in [7, 11) is 0. The standard InChI is InChI=1S/C25H36N4/c1-21-10-11-24(26-17-21)19-29(15-7-14-28-12-5-2-6-13-28)20-25-16-22-8-3-4-9-23(22)18-27-25/h3-4,8-11,17,25,27H,2,5-7,12-16,18-20H2,1H3/t25-/m1/s1. The second-order valence-corrected chi connectivity index (χ2v) is 8.87. The molecule has 2 aliphatic heterocycles. The Bertz CT molecular complexity index is 752. The maximum atomic E-state index is 4.67. The van der Waals surface area contributed by atoms with Gasteiger partial charge in [-0.15, -0.1) is 0 Å². The van der Waals surface area contributed by atoms with Crippen molar-refractivity contribution in [2.75, 3.05) is 32.7 Å². The fraction of sp³-hybridized carbons (Fsp3) is 0.560. The molecule has 0 radical (unpaired) electrons. The summed E-state index contributed by atoms with van der Waals surface area (Å²) in [6.45, 7) is 10.1. The number of nitrogens with one attached hydrogen (secondary N) is 1. The van der Waals surface area contributed by atoms with Gasteiger partial charge < -0.3 is 10.2 Å². The lowest BCUT2D eigenvalue weighted by atomic mass is 9.95. The van der Waals surface area contributed by atoms with Crippen molar-refractivity contribution < 1.29 is 0 Å². The molecule has 4 heteroatoms. The quantitative estimate of drug-likeness (QED) is 0.741. The van der Waals surface area contributed by atoms with Gasteiger partial charge in [-0.05, 0) is 81.5 Å². The normalized spacial score (nSPS) is 20.0. The van der Waals surface area contributed by atoms with Crippen molar-refractivity contribution in [3.63, 3.8) is 0 Å². The van der Waals surface area contributed by atoms with Gasteiger partial charge in [0.1, 0.15) is 0 Å². The maximum Gasteiger partial charge on any atom is 0.0544 e. The predicted octanol–water partition coefficient (Wildman–Crippen LogP) is 3.78.